The minimum Gasteiger partial charge on any atom is -0.464 e. The zero-order valence-corrected chi connectivity index (χ0v) is 9.89. The Morgan fingerprint density at radius 1 is 1.00 bits per heavy atom. The maximum atomic E-state index is 11.5. The van der Waals surface area contributed by atoms with Crippen LogP contribution >= 0.6 is 0 Å². The Balaban J connectivity index is 2.89. The van der Waals surface area contributed by atoms with Gasteiger partial charge in [0.25, 0.3) is 5.78 Å². The first kappa shape index (κ1) is 13.2. The lowest BCUT2D eigenvalue weighted by molar-refractivity contribution is -0.149. The third kappa shape index (κ3) is 3.30. The predicted molar refractivity (Wildman–Crippen MR) is 57.9 cm³/mol. The summed E-state index contributed by atoms with van der Waals surface area (Å²) in [6.07, 6.45) is 2.87. The van der Waals surface area contributed by atoms with Crippen molar-refractivity contribution >= 4 is 17.7 Å². The molecule has 6 heteroatoms. The van der Waals surface area contributed by atoms with E-state index in [1.165, 1.54) is 7.11 Å². The highest BCUT2D eigenvalue weighted by Crippen LogP contribution is 2.15. The molecule has 17 heavy (non-hydrogen) atoms. The minimum absolute atomic E-state index is 0.111. The largest absolute Gasteiger partial charge is 0.464 e. The van der Waals surface area contributed by atoms with Crippen molar-refractivity contribution in [1.29, 1.82) is 0 Å². The fourth-order valence-electron chi connectivity index (χ4n) is 1.63. The molecule has 0 unspecified atom stereocenters. The van der Waals surface area contributed by atoms with Crippen LogP contribution in [0.15, 0.2) is 11.8 Å². The average Bonchev–Trinajstić information content (AvgIpc) is 2.87. The number of hydrogen-bond donors (Lipinski definition) is 0. The first-order valence-corrected chi connectivity index (χ1v) is 5.27. The molecule has 0 bridgehead atoms. The smallest absolute Gasteiger partial charge is 0.378 e. The van der Waals surface area contributed by atoms with Crippen LogP contribution in [-0.4, -0.2) is 49.9 Å². The quantitative estimate of drug-likeness (QED) is 0.388. The van der Waals surface area contributed by atoms with E-state index < -0.39 is 17.7 Å². The van der Waals surface area contributed by atoms with Crippen LogP contribution in [0.5, 0.6) is 0 Å². The Hall–Kier alpha value is -1.85. The van der Waals surface area contributed by atoms with Gasteiger partial charge in [0.05, 0.1) is 14.2 Å². The monoisotopic (exact) mass is 241 g/mol. The van der Waals surface area contributed by atoms with Gasteiger partial charge in [0.15, 0.2) is 0 Å². The molecule has 0 aromatic heterocycles. The number of esters is 2. The molecule has 0 aromatic rings. The molecule has 0 N–H and O–H groups in total. The van der Waals surface area contributed by atoms with Gasteiger partial charge in [-0.3, -0.25) is 4.79 Å². The van der Waals surface area contributed by atoms with E-state index in [1.807, 2.05) is 0 Å². The molecule has 0 aliphatic carbocycles. The summed E-state index contributed by atoms with van der Waals surface area (Å²) in [5, 5.41) is 0. The number of carbonyl (C=O) groups is 3. The second-order valence-corrected chi connectivity index (χ2v) is 3.57. The van der Waals surface area contributed by atoms with Gasteiger partial charge in [0, 0.05) is 19.2 Å². The number of carbonyl (C=O) groups excluding carboxylic acids is 3. The summed E-state index contributed by atoms with van der Waals surface area (Å²) in [6, 6.07) is 0. The second kappa shape index (κ2) is 6.03. The molecular weight excluding hydrogens is 226 g/mol. The van der Waals surface area contributed by atoms with Gasteiger partial charge in [-0.15, -0.1) is 0 Å². The topological polar surface area (TPSA) is 72.9 Å². The molecular formula is C11H15NO5. The first-order chi connectivity index (χ1) is 8.10. The molecule has 0 amide bonds. The van der Waals surface area contributed by atoms with Crippen molar-refractivity contribution in [3.63, 3.8) is 0 Å². The highest BCUT2D eigenvalue weighted by atomic mass is 16.5. The van der Waals surface area contributed by atoms with Crippen molar-refractivity contribution in [2.24, 2.45) is 0 Å². The highest BCUT2D eigenvalue weighted by Gasteiger charge is 2.24. The minimum atomic E-state index is -0.995. The Morgan fingerprint density at radius 3 is 2.00 bits per heavy atom. The van der Waals surface area contributed by atoms with Crippen LogP contribution in [0.4, 0.5) is 0 Å². The van der Waals surface area contributed by atoms with E-state index in [4.69, 9.17) is 0 Å². The summed E-state index contributed by atoms with van der Waals surface area (Å²) in [6.45, 7) is 1.35. The maximum absolute atomic E-state index is 11.5. The van der Waals surface area contributed by atoms with Gasteiger partial charge < -0.3 is 14.4 Å². The van der Waals surface area contributed by atoms with Crippen LogP contribution in [0.2, 0.25) is 0 Å². The molecule has 6 nitrogen and oxygen atoms in total. The molecule has 0 aromatic carbocycles. The van der Waals surface area contributed by atoms with Crippen LogP contribution < -0.4 is 0 Å². The molecule has 1 fully saturated rings. The second-order valence-electron chi connectivity index (χ2n) is 3.57. The molecule has 1 saturated heterocycles. The van der Waals surface area contributed by atoms with Gasteiger partial charge in [-0.2, -0.15) is 0 Å². The number of rotatable bonds is 4. The lowest BCUT2D eigenvalue weighted by Gasteiger charge is -2.18. The lowest BCUT2D eigenvalue weighted by Crippen LogP contribution is -2.27. The number of ketones is 1. The van der Waals surface area contributed by atoms with E-state index >= 15 is 0 Å². The van der Waals surface area contributed by atoms with Gasteiger partial charge in [-0.25, -0.2) is 9.59 Å². The summed E-state index contributed by atoms with van der Waals surface area (Å²) in [4.78, 5) is 35.6. The zero-order valence-electron chi connectivity index (χ0n) is 9.89. The molecule has 1 rings (SSSR count). The first-order valence-electron chi connectivity index (χ1n) is 5.27. The molecule has 0 saturated carbocycles. The van der Waals surface area contributed by atoms with Crippen LogP contribution in [0.25, 0.3) is 0 Å². The van der Waals surface area contributed by atoms with Crippen molar-refractivity contribution in [2.45, 2.75) is 12.8 Å². The van der Waals surface area contributed by atoms with Crippen LogP contribution in [0, 0.1) is 0 Å². The van der Waals surface area contributed by atoms with E-state index in [9.17, 15) is 14.4 Å². The maximum Gasteiger partial charge on any atom is 0.378 e. The third-order valence-corrected chi connectivity index (χ3v) is 2.50. The average molecular weight is 241 g/mol. The Morgan fingerprint density at radius 2 is 1.53 bits per heavy atom. The SMILES string of the molecule is COC(=O)C(=O)/C=C(/C(=O)OC)N1CCCC1. The van der Waals surface area contributed by atoms with Gasteiger partial charge in [-0.05, 0) is 12.8 Å². The summed E-state index contributed by atoms with van der Waals surface area (Å²) in [5.41, 5.74) is 0.111. The number of methoxy groups -OCH3 is 2. The van der Waals surface area contributed by atoms with Crippen molar-refractivity contribution in [1.82, 2.24) is 4.90 Å². The van der Waals surface area contributed by atoms with Gasteiger partial charge in [0.2, 0.25) is 0 Å². The fraction of sp³-hybridized carbons (Fsp3) is 0.545. The standard InChI is InChI=1S/C11H15NO5/c1-16-10(14)8(12-5-3-4-6-12)7-9(13)11(15)17-2/h7H,3-6H2,1-2H3/b8-7-. The lowest BCUT2D eigenvalue weighted by atomic mass is 10.3. The summed E-state index contributed by atoms with van der Waals surface area (Å²) < 4.78 is 8.87. The van der Waals surface area contributed by atoms with E-state index in [2.05, 4.69) is 9.47 Å². The van der Waals surface area contributed by atoms with Crippen molar-refractivity contribution in [2.75, 3.05) is 27.3 Å². The van der Waals surface area contributed by atoms with Crippen LogP contribution in [0.1, 0.15) is 12.8 Å². The molecule has 94 valence electrons. The Kier molecular flexibility index (Phi) is 4.68. The van der Waals surface area contributed by atoms with E-state index in [-0.39, 0.29) is 5.70 Å². The van der Waals surface area contributed by atoms with Crippen LogP contribution in [0.3, 0.4) is 0 Å². The third-order valence-electron chi connectivity index (χ3n) is 2.50. The number of nitrogens with zero attached hydrogens (tertiary/aromatic N) is 1. The van der Waals surface area contributed by atoms with E-state index in [0.29, 0.717) is 13.1 Å². The van der Waals surface area contributed by atoms with Crippen molar-refractivity contribution in [3.8, 4) is 0 Å². The fourth-order valence-corrected chi connectivity index (χ4v) is 1.63. The van der Waals surface area contributed by atoms with Crippen molar-refractivity contribution < 1.29 is 23.9 Å². The van der Waals surface area contributed by atoms with Gasteiger partial charge >= 0.3 is 11.9 Å². The number of likely N-dealkylation sites (tertiary alicyclic amines) is 1. The number of ether oxygens (including phenoxy) is 2. The molecule has 1 aliphatic rings. The Bertz CT molecular complexity index is 355. The molecule has 0 atom stereocenters. The van der Waals surface area contributed by atoms with Crippen LogP contribution in [-0.2, 0) is 23.9 Å². The zero-order chi connectivity index (χ0) is 12.8. The molecule has 1 heterocycles. The molecule has 0 spiro atoms. The van der Waals surface area contributed by atoms with E-state index in [0.717, 1.165) is 26.0 Å². The normalized spacial score (nSPS) is 15.6. The summed E-state index contributed by atoms with van der Waals surface area (Å²) >= 11 is 0. The molecule has 0 radical (unpaired) electrons. The molecule has 1 aliphatic heterocycles. The summed E-state index contributed by atoms with van der Waals surface area (Å²) in [5.74, 6) is -2.48. The van der Waals surface area contributed by atoms with Gasteiger partial charge in [-0.1, -0.05) is 0 Å². The Labute approximate surface area is 99.2 Å². The highest BCUT2D eigenvalue weighted by molar-refractivity contribution is 6.39. The van der Waals surface area contributed by atoms with Crippen molar-refractivity contribution in [3.05, 3.63) is 11.8 Å². The summed E-state index contributed by atoms with van der Waals surface area (Å²) in [7, 11) is 2.34. The van der Waals surface area contributed by atoms with E-state index in [1.54, 1.807) is 4.90 Å². The number of hydrogen-bond acceptors (Lipinski definition) is 6. The van der Waals surface area contributed by atoms with Gasteiger partial charge in [0.1, 0.15) is 5.70 Å². The predicted octanol–water partition coefficient (Wildman–Crippen LogP) is -0.119.